The Morgan fingerprint density at radius 1 is 1.31 bits per heavy atom. The first-order valence-electron chi connectivity index (χ1n) is 4.79. The first-order chi connectivity index (χ1) is 6.33. The van der Waals surface area contributed by atoms with E-state index in [-0.39, 0.29) is 0 Å². The van der Waals surface area contributed by atoms with Crippen molar-refractivity contribution in [2.45, 2.75) is 34.1 Å². The Labute approximate surface area is 82.0 Å². The van der Waals surface area contributed by atoms with Crippen LogP contribution >= 0.6 is 0 Å². The second kappa shape index (κ2) is 7.43. The second-order valence-electron chi connectivity index (χ2n) is 2.58. The molecule has 0 N–H and O–H groups in total. The van der Waals surface area contributed by atoms with Crippen molar-refractivity contribution in [3.8, 4) is 11.8 Å². The van der Waals surface area contributed by atoms with Crippen molar-refractivity contribution in [3.05, 3.63) is 35.5 Å². The highest BCUT2D eigenvalue weighted by atomic mass is 14.0. The minimum Gasteiger partial charge on any atom is -0.102 e. The first kappa shape index (κ1) is 11.8. The van der Waals surface area contributed by atoms with Gasteiger partial charge in [-0.15, -0.1) is 5.92 Å². The Hall–Kier alpha value is -1.22. The van der Waals surface area contributed by atoms with Gasteiger partial charge in [-0.3, -0.25) is 0 Å². The molecule has 13 heavy (non-hydrogen) atoms. The average Bonchev–Trinajstić information content (AvgIpc) is 2.36. The molecule has 0 amide bonds. The van der Waals surface area contributed by atoms with Gasteiger partial charge in [-0.25, -0.2) is 0 Å². The molecule has 0 nitrogen and oxygen atoms in total. The molecule has 0 aromatic heterocycles. The lowest BCUT2D eigenvalue weighted by atomic mass is 10.1. The summed E-state index contributed by atoms with van der Waals surface area (Å²) in [6.07, 6.45) is 9.39. The molecule has 0 heterocycles. The van der Waals surface area contributed by atoms with Crippen LogP contribution in [-0.4, -0.2) is 0 Å². The topological polar surface area (TPSA) is 0 Å². The largest absolute Gasteiger partial charge is 0.102 e. The third-order valence-electron chi connectivity index (χ3n) is 1.59. The van der Waals surface area contributed by atoms with Gasteiger partial charge >= 0.3 is 0 Å². The van der Waals surface area contributed by atoms with Crippen molar-refractivity contribution >= 4 is 0 Å². The van der Waals surface area contributed by atoms with Crippen LogP contribution in [0.3, 0.4) is 0 Å². The van der Waals surface area contributed by atoms with E-state index in [1.807, 2.05) is 20.8 Å². The molecule has 1 aliphatic carbocycles. The van der Waals surface area contributed by atoms with E-state index in [0.29, 0.717) is 0 Å². The minimum atomic E-state index is 0.972. The monoisotopic (exact) mass is 174 g/mol. The average molecular weight is 174 g/mol. The zero-order valence-electron chi connectivity index (χ0n) is 9.02. The van der Waals surface area contributed by atoms with Gasteiger partial charge < -0.3 is 0 Å². The lowest BCUT2D eigenvalue weighted by Crippen LogP contribution is -1.73. The van der Waals surface area contributed by atoms with E-state index in [1.54, 1.807) is 0 Å². The van der Waals surface area contributed by atoms with Crippen molar-refractivity contribution < 1.29 is 0 Å². The summed E-state index contributed by atoms with van der Waals surface area (Å²) < 4.78 is 0. The molecule has 70 valence electrons. The molecule has 0 aromatic carbocycles. The Balaban J connectivity index is 0.000000671. The molecule has 0 aromatic rings. The van der Waals surface area contributed by atoms with E-state index in [9.17, 15) is 0 Å². The van der Waals surface area contributed by atoms with E-state index in [1.165, 1.54) is 11.1 Å². The summed E-state index contributed by atoms with van der Waals surface area (Å²) in [5.74, 6) is 5.96. The molecule has 0 aliphatic heterocycles. The summed E-state index contributed by atoms with van der Waals surface area (Å²) in [5, 5.41) is 0. The molecule has 0 radical (unpaired) electrons. The van der Waals surface area contributed by atoms with E-state index in [4.69, 9.17) is 0 Å². The Bertz CT molecular complexity index is 274. The molecule has 1 aliphatic rings. The van der Waals surface area contributed by atoms with Crippen molar-refractivity contribution in [2.24, 2.45) is 0 Å². The highest BCUT2D eigenvalue weighted by Crippen LogP contribution is 2.09. The number of hydrogen-bond acceptors (Lipinski definition) is 0. The van der Waals surface area contributed by atoms with Crippen molar-refractivity contribution in [1.82, 2.24) is 0 Å². The summed E-state index contributed by atoms with van der Waals surface area (Å²) in [6, 6.07) is 0. The van der Waals surface area contributed by atoms with Gasteiger partial charge in [-0.05, 0) is 20.3 Å². The maximum atomic E-state index is 3.06. The normalized spacial score (nSPS) is 13.8. The van der Waals surface area contributed by atoms with Crippen LogP contribution in [0.5, 0.6) is 0 Å². The summed E-state index contributed by atoms with van der Waals surface area (Å²) in [4.78, 5) is 0. The molecule has 0 unspecified atom stereocenters. The lowest BCUT2D eigenvalue weighted by molar-refractivity contribution is 1.29. The smallest absolute Gasteiger partial charge is 0.00580 e. The van der Waals surface area contributed by atoms with Crippen molar-refractivity contribution in [1.29, 1.82) is 0 Å². The van der Waals surface area contributed by atoms with Crippen LogP contribution in [0.15, 0.2) is 35.5 Å². The summed E-state index contributed by atoms with van der Waals surface area (Å²) in [7, 11) is 0. The highest BCUT2D eigenvalue weighted by Gasteiger charge is 1.92. The Kier molecular flexibility index (Phi) is 6.73. The first-order valence-corrected chi connectivity index (χ1v) is 4.79. The van der Waals surface area contributed by atoms with Crippen LogP contribution in [0, 0.1) is 11.8 Å². The van der Waals surface area contributed by atoms with Gasteiger partial charge in [0.25, 0.3) is 0 Å². The molecule has 0 bridgehead atoms. The minimum absolute atomic E-state index is 0.972. The van der Waals surface area contributed by atoms with Gasteiger partial charge in [-0.2, -0.15) is 0 Å². The standard InChI is InChI=1S/C11H12.C2H6/c1-3-5-11-7-4-6-10(2)8-9-11;1-2/h4,6-8H,9H2,1-2H3;1-2H3. The Morgan fingerprint density at radius 3 is 2.62 bits per heavy atom. The van der Waals surface area contributed by atoms with Crippen LogP contribution in [0.1, 0.15) is 34.1 Å². The maximum Gasteiger partial charge on any atom is 0.00580 e. The fraction of sp³-hybridized carbons (Fsp3) is 0.385. The molecule has 0 atom stereocenters. The predicted octanol–water partition coefficient (Wildman–Crippen LogP) is 3.87. The van der Waals surface area contributed by atoms with Crippen molar-refractivity contribution in [3.63, 3.8) is 0 Å². The molecular weight excluding hydrogens is 156 g/mol. The van der Waals surface area contributed by atoms with Gasteiger partial charge in [0.05, 0.1) is 0 Å². The van der Waals surface area contributed by atoms with Crippen LogP contribution < -0.4 is 0 Å². The molecule has 0 heteroatoms. The summed E-state index contributed by atoms with van der Waals surface area (Å²) in [6.45, 7) is 7.97. The molecule has 0 fully saturated rings. The lowest BCUT2D eigenvalue weighted by Gasteiger charge is -1.89. The van der Waals surface area contributed by atoms with Gasteiger partial charge in [-0.1, -0.05) is 49.6 Å². The van der Waals surface area contributed by atoms with Gasteiger partial charge in [0, 0.05) is 5.57 Å². The third kappa shape index (κ3) is 5.09. The molecule has 0 saturated heterocycles. The van der Waals surface area contributed by atoms with E-state index < -0.39 is 0 Å². The zero-order valence-corrected chi connectivity index (χ0v) is 9.02. The van der Waals surface area contributed by atoms with Gasteiger partial charge in [0.1, 0.15) is 0 Å². The van der Waals surface area contributed by atoms with E-state index >= 15 is 0 Å². The SMILES string of the molecule is CC.CC#CC1=CC=CC(C)=CC1. The molecular formula is C13H18. The number of rotatable bonds is 0. The molecule has 0 saturated carbocycles. The second-order valence-corrected chi connectivity index (χ2v) is 2.58. The van der Waals surface area contributed by atoms with Crippen LogP contribution in [0.25, 0.3) is 0 Å². The highest BCUT2D eigenvalue weighted by molar-refractivity contribution is 5.38. The fourth-order valence-corrected chi connectivity index (χ4v) is 0.976. The van der Waals surface area contributed by atoms with Gasteiger partial charge in [0.15, 0.2) is 0 Å². The number of hydrogen-bond donors (Lipinski definition) is 0. The Morgan fingerprint density at radius 2 is 2.00 bits per heavy atom. The van der Waals surface area contributed by atoms with Crippen LogP contribution in [-0.2, 0) is 0 Å². The van der Waals surface area contributed by atoms with E-state index in [2.05, 4.69) is 43.1 Å². The van der Waals surface area contributed by atoms with Crippen molar-refractivity contribution in [2.75, 3.05) is 0 Å². The maximum absolute atomic E-state index is 3.06. The quantitative estimate of drug-likeness (QED) is 0.489. The summed E-state index contributed by atoms with van der Waals surface area (Å²) >= 11 is 0. The number of allylic oxidation sites excluding steroid dienone is 6. The molecule has 0 spiro atoms. The predicted molar refractivity (Wildman–Crippen MR) is 60.4 cm³/mol. The third-order valence-corrected chi connectivity index (χ3v) is 1.59. The van der Waals surface area contributed by atoms with Gasteiger partial charge in [0.2, 0.25) is 0 Å². The van der Waals surface area contributed by atoms with Crippen LogP contribution in [0.2, 0.25) is 0 Å². The molecule has 1 rings (SSSR count). The van der Waals surface area contributed by atoms with E-state index in [0.717, 1.165) is 6.42 Å². The van der Waals surface area contributed by atoms with Crippen LogP contribution in [0.4, 0.5) is 0 Å². The summed E-state index contributed by atoms with van der Waals surface area (Å²) in [5.41, 5.74) is 2.51. The zero-order chi connectivity index (χ0) is 10.1. The fourth-order valence-electron chi connectivity index (χ4n) is 0.976.